The molecule has 5 heteroatoms. The number of rotatable bonds is 7. The summed E-state index contributed by atoms with van der Waals surface area (Å²) in [5, 5.41) is 0.648. The highest BCUT2D eigenvalue weighted by Crippen LogP contribution is 2.31. The molecule has 1 aromatic carbocycles. The zero-order valence-corrected chi connectivity index (χ0v) is 12.7. The highest BCUT2D eigenvalue weighted by Gasteiger charge is 2.27. The maximum absolute atomic E-state index is 12.1. The number of halogens is 1. The van der Waals surface area contributed by atoms with Crippen molar-refractivity contribution >= 4 is 23.2 Å². The van der Waals surface area contributed by atoms with E-state index in [0.717, 1.165) is 11.3 Å². The maximum Gasteiger partial charge on any atom is 0.231 e. The highest BCUT2D eigenvalue weighted by atomic mass is 35.5. The number of amides is 1. The Bertz CT molecular complexity index is 472. The molecule has 2 rings (SSSR count). The summed E-state index contributed by atoms with van der Waals surface area (Å²) in [7, 11) is 0. The number of carbonyl (C=O) groups excluding carboxylic acids is 1. The minimum atomic E-state index is -0.263. The number of fused-ring (bicyclic) bond motifs is 1. The first-order chi connectivity index (χ1) is 9.65. The van der Waals surface area contributed by atoms with Crippen LogP contribution in [-0.4, -0.2) is 32.0 Å². The summed E-state index contributed by atoms with van der Waals surface area (Å²) >= 11 is 6.01. The van der Waals surface area contributed by atoms with Crippen LogP contribution in [0.1, 0.15) is 25.8 Å². The second kappa shape index (κ2) is 7.07. The fourth-order valence-corrected chi connectivity index (χ4v) is 2.56. The average Bonchev–Trinajstić information content (AvgIpc) is 2.72. The Kier molecular flexibility index (Phi) is 5.40. The fourth-order valence-electron chi connectivity index (χ4n) is 2.40. The molecular formula is C15H20ClNO3. The van der Waals surface area contributed by atoms with Crippen LogP contribution in [0.2, 0.25) is 5.02 Å². The molecule has 0 bridgehead atoms. The molecule has 110 valence electrons. The largest absolute Gasteiger partial charge is 0.353 e. The van der Waals surface area contributed by atoms with E-state index in [9.17, 15) is 4.79 Å². The third-order valence-electron chi connectivity index (χ3n) is 3.27. The Hall–Kier alpha value is -1.10. The van der Waals surface area contributed by atoms with Gasteiger partial charge in [0.1, 0.15) is 0 Å². The molecule has 20 heavy (non-hydrogen) atoms. The lowest BCUT2D eigenvalue weighted by Crippen LogP contribution is -2.31. The highest BCUT2D eigenvalue weighted by molar-refractivity contribution is 6.31. The summed E-state index contributed by atoms with van der Waals surface area (Å²) in [5.41, 5.74) is 1.94. The number of hydrogen-bond donors (Lipinski definition) is 0. The summed E-state index contributed by atoms with van der Waals surface area (Å²) in [6, 6.07) is 5.58. The van der Waals surface area contributed by atoms with Crippen molar-refractivity contribution in [3.05, 3.63) is 28.8 Å². The van der Waals surface area contributed by atoms with Crippen LogP contribution in [0.25, 0.3) is 0 Å². The third kappa shape index (κ3) is 3.51. The maximum atomic E-state index is 12.1. The monoisotopic (exact) mass is 297 g/mol. The Balaban J connectivity index is 2.03. The van der Waals surface area contributed by atoms with Crippen LogP contribution in [0, 0.1) is 0 Å². The van der Waals surface area contributed by atoms with Gasteiger partial charge in [-0.15, -0.1) is 0 Å². The lowest BCUT2D eigenvalue weighted by molar-refractivity contribution is -0.138. The van der Waals surface area contributed by atoms with Gasteiger partial charge in [-0.3, -0.25) is 4.79 Å². The molecule has 0 unspecified atom stereocenters. The molecule has 1 aromatic rings. The van der Waals surface area contributed by atoms with E-state index in [2.05, 4.69) is 0 Å². The molecule has 0 saturated carbocycles. The van der Waals surface area contributed by atoms with E-state index in [1.807, 2.05) is 32.0 Å². The Morgan fingerprint density at radius 1 is 1.30 bits per heavy atom. The molecule has 0 radical (unpaired) electrons. The zero-order chi connectivity index (χ0) is 14.5. The van der Waals surface area contributed by atoms with Crippen molar-refractivity contribution in [2.75, 3.05) is 24.7 Å². The van der Waals surface area contributed by atoms with Crippen molar-refractivity contribution < 1.29 is 14.3 Å². The van der Waals surface area contributed by atoms with Crippen LogP contribution in [0.15, 0.2) is 18.2 Å². The minimum Gasteiger partial charge on any atom is -0.353 e. The van der Waals surface area contributed by atoms with E-state index in [1.165, 1.54) is 0 Å². The van der Waals surface area contributed by atoms with Crippen molar-refractivity contribution in [3.8, 4) is 0 Å². The summed E-state index contributed by atoms with van der Waals surface area (Å²) in [4.78, 5) is 13.8. The van der Waals surface area contributed by atoms with Crippen LogP contribution in [-0.2, 0) is 20.7 Å². The smallest absolute Gasteiger partial charge is 0.231 e. The molecule has 0 aliphatic carbocycles. The van der Waals surface area contributed by atoms with E-state index in [0.29, 0.717) is 37.6 Å². The molecule has 1 heterocycles. The van der Waals surface area contributed by atoms with Crippen LogP contribution >= 0.6 is 11.6 Å². The molecule has 1 aliphatic heterocycles. The van der Waals surface area contributed by atoms with Crippen molar-refractivity contribution in [1.29, 1.82) is 0 Å². The molecule has 0 saturated heterocycles. The first kappa shape index (κ1) is 15.3. The summed E-state index contributed by atoms with van der Waals surface area (Å²) in [6.07, 6.45) is 0.834. The van der Waals surface area contributed by atoms with Crippen molar-refractivity contribution in [1.82, 2.24) is 0 Å². The lowest BCUT2D eigenvalue weighted by Gasteiger charge is -2.22. The van der Waals surface area contributed by atoms with Gasteiger partial charge >= 0.3 is 0 Å². The fraction of sp³-hybridized carbons (Fsp3) is 0.533. The third-order valence-corrected chi connectivity index (χ3v) is 3.51. The number of carbonyl (C=O) groups is 1. The van der Waals surface area contributed by atoms with Crippen molar-refractivity contribution in [2.45, 2.75) is 33.0 Å². The second-order valence-electron chi connectivity index (χ2n) is 4.62. The van der Waals surface area contributed by atoms with Crippen LogP contribution in [0.3, 0.4) is 0 Å². The van der Waals surface area contributed by atoms with Crippen molar-refractivity contribution in [3.63, 3.8) is 0 Å². The first-order valence-electron chi connectivity index (χ1n) is 6.97. The Labute approximate surface area is 124 Å². The van der Waals surface area contributed by atoms with Gasteiger partial charge in [-0.2, -0.15) is 0 Å². The predicted octanol–water partition coefficient (Wildman–Crippen LogP) is 3.02. The minimum absolute atomic E-state index is 0.106. The second-order valence-corrected chi connectivity index (χ2v) is 5.06. The standard InChI is InChI=1S/C15H20ClNO3/c1-3-19-15(20-4-2)7-8-17-13-10-12(16)6-5-11(13)9-14(17)18/h5-6,10,15H,3-4,7-9H2,1-2H3. The van der Waals surface area contributed by atoms with E-state index in [-0.39, 0.29) is 12.2 Å². The number of ether oxygens (including phenoxy) is 2. The van der Waals surface area contributed by atoms with Gasteiger partial charge in [-0.1, -0.05) is 17.7 Å². The van der Waals surface area contributed by atoms with E-state index in [1.54, 1.807) is 4.90 Å². The number of nitrogens with zero attached hydrogens (tertiary/aromatic N) is 1. The summed E-state index contributed by atoms with van der Waals surface area (Å²) in [5.74, 6) is 0.106. The first-order valence-corrected chi connectivity index (χ1v) is 7.35. The normalized spacial score (nSPS) is 14.2. The van der Waals surface area contributed by atoms with Gasteiger partial charge in [0.05, 0.1) is 6.42 Å². The Morgan fingerprint density at radius 3 is 2.65 bits per heavy atom. The molecular weight excluding hydrogens is 278 g/mol. The predicted molar refractivity (Wildman–Crippen MR) is 79.2 cm³/mol. The van der Waals surface area contributed by atoms with Gasteiger partial charge in [-0.25, -0.2) is 0 Å². The van der Waals surface area contributed by atoms with E-state index < -0.39 is 0 Å². The quantitative estimate of drug-likeness (QED) is 0.726. The molecule has 1 aliphatic rings. The molecule has 1 amide bonds. The van der Waals surface area contributed by atoms with E-state index in [4.69, 9.17) is 21.1 Å². The number of anilines is 1. The summed E-state index contributed by atoms with van der Waals surface area (Å²) < 4.78 is 11.0. The number of benzene rings is 1. The van der Waals surface area contributed by atoms with Gasteiger partial charge < -0.3 is 14.4 Å². The van der Waals surface area contributed by atoms with Gasteiger partial charge in [-0.05, 0) is 31.5 Å². The Morgan fingerprint density at radius 2 is 2.00 bits per heavy atom. The van der Waals surface area contributed by atoms with Crippen LogP contribution < -0.4 is 4.90 Å². The number of hydrogen-bond acceptors (Lipinski definition) is 3. The SMILES string of the molecule is CCOC(CCN1C(=O)Cc2ccc(Cl)cc21)OCC. The van der Waals surface area contributed by atoms with E-state index >= 15 is 0 Å². The summed E-state index contributed by atoms with van der Waals surface area (Å²) in [6.45, 7) is 5.64. The molecule has 4 nitrogen and oxygen atoms in total. The van der Waals surface area contributed by atoms with Gasteiger partial charge in [0.25, 0.3) is 0 Å². The molecule has 0 spiro atoms. The van der Waals surface area contributed by atoms with Gasteiger partial charge in [0.15, 0.2) is 6.29 Å². The lowest BCUT2D eigenvalue weighted by atomic mass is 10.2. The zero-order valence-electron chi connectivity index (χ0n) is 11.9. The van der Waals surface area contributed by atoms with Crippen molar-refractivity contribution in [2.24, 2.45) is 0 Å². The van der Waals surface area contributed by atoms with Crippen LogP contribution in [0.4, 0.5) is 5.69 Å². The van der Waals surface area contributed by atoms with Gasteiger partial charge in [0.2, 0.25) is 5.91 Å². The molecule has 0 fully saturated rings. The average molecular weight is 298 g/mol. The van der Waals surface area contributed by atoms with Gasteiger partial charge in [0, 0.05) is 36.9 Å². The molecule has 0 N–H and O–H groups in total. The molecule has 0 atom stereocenters. The topological polar surface area (TPSA) is 38.8 Å². The van der Waals surface area contributed by atoms with Crippen LogP contribution in [0.5, 0.6) is 0 Å². The molecule has 0 aromatic heterocycles.